The lowest BCUT2D eigenvalue weighted by Gasteiger charge is -2.42. The fraction of sp³-hybridized carbons (Fsp3) is 0.371. The van der Waals surface area contributed by atoms with Crippen LogP contribution in [0.25, 0.3) is 0 Å². The van der Waals surface area contributed by atoms with E-state index in [9.17, 15) is 18.4 Å². The molecule has 0 atom stereocenters. The van der Waals surface area contributed by atoms with E-state index in [1.807, 2.05) is 12.1 Å². The number of rotatable bonds is 8. The molecule has 6 rings (SSSR count). The summed E-state index contributed by atoms with van der Waals surface area (Å²) in [6.07, 6.45) is 12.9. The van der Waals surface area contributed by atoms with Gasteiger partial charge < -0.3 is 15.2 Å². The molecule has 256 valence electrons. The summed E-state index contributed by atoms with van der Waals surface area (Å²) in [5.41, 5.74) is 8.74. The van der Waals surface area contributed by atoms with Gasteiger partial charge in [-0.1, -0.05) is 30.7 Å². The Labute approximate surface area is 290 Å². The lowest BCUT2D eigenvalue weighted by Crippen LogP contribution is -2.43. The number of esters is 2. The topological polar surface area (TPSA) is 130 Å². The fourth-order valence-corrected chi connectivity index (χ4v) is 5.40. The molecule has 13 heteroatoms. The molecular weight excluding hydrogens is 663 g/mol. The van der Waals surface area contributed by atoms with Crippen LogP contribution in [0.5, 0.6) is 0 Å². The van der Waals surface area contributed by atoms with Crippen molar-refractivity contribution >= 4 is 35.9 Å². The SMILES string of the molecule is CCOC(=O)c1cnc(CC2(c3ccc(F)cc3)CCC2)nc1.CCOC(=O)c1cnc(Cl)nc1.Cl.NC1(c2ccc(F)cc2)CCC1. The summed E-state index contributed by atoms with van der Waals surface area (Å²) >= 11 is 5.42. The molecule has 2 saturated carbocycles. The summed E-state index contributed by atoms with van der Waals surface area (Å²) in [6.45, 7) is 4.15. The Morgan fingerprint density at radius 3 is 1.52 bits per heavy atom. The van der Waals surface area contributed by atoms with Crippen LogP contribution >= 0.6 is 24.0 Å². The van der Waals surface area contributed by atoms with E-state index in [1.165, 1.54) is 55.5 Å². The normalized spacial score (nSPS) is 15.0. The highest BCUT2D eigenvalue weighted by atomic mass is 35.5. The van der Waals surface area contributed by atoms with Gasteiger partial charge in [0.15, 0.2) is 0 Å². The highest BCUT2D eigenvalue weighted by Crippen LogP contribution is 2.45. The van der Waals surface area contributed by atoms with Crippen LogP contribution in [-0.2, 0) is 26.8 Å². The first-order valence-electron chi connectivity index (χ1n) is 15.5. The molecule has 48 heavy (non-hydrogen) atoms. The van der Waals surface area contributed by atoms with Gasteiger partial charge in [-0.3, -0.25) is 0 Å². The second-order valence-electron chi connectivity index (χ2n) is 11.4. The zero-order chi connectivity index (χ0) is 33.9. The van der Waals surface area contributed by atoms with Crippen LogP contribution in [0.2, 0.25) is 5.28 Å². The number of carbonyl (C=O) groups is 2. The van der Waals surface area contributed by atoms with Crippen LogP contribution < -0.4 is 5.73 Å². The standard InChI is InChI=1S/C18H19FN2O2.C10H12FN.C7H7ClN2O2.ClH/c1-2-23-17(22)13-11-20-16(21-12-13)10-18(8-3-9-18)14-4-6-15(19)7-5-14;11-9-4-2-8(3-5-9)10(12)6-1-7-10;1-2-12-6(11)5-3-9-7(8)10-4-5;/h4-7,11-12H,2-3,8-10H2,1H3;2-5H,1,6-7,12H2;3-4H,2H2,1H3;1H. The van der Waals surface area contributed by atoms with E-state index in [4.69, 9.17) is 26.8 Å². The molecule has 0 aliphatic heterocycles. The number of hydrogen-bond acceptors (Lipinski definition) is 9. The van der Waals surface area contributed by atoms with Gasteiger partial charge >= 0.3 is 11.9 Å². The average Bonchev–Trinajstić information content (AvgIpc) is 3.04. The fourth-order valence-electron chi connectivity index (χ4n) is 5.30. The van der Waals surface area contributed by atoms with Crippen molar-refractivity contribution in [1.82, 2.24) is 19.9 Å². The van der Waals surface area contributed by atoms with Gasteiger partial charge in [0, 0.05) is 42.2 Å². The molecule has 4 aromatic rings. The minimum absolute atomic E-state index is 0. The first-order chi connectivity index (χ1) is 22.6. The Morgan fingerprint density at radius 2 is 1.15 bits per heavy atom. The lowest BCUT2D eigenvalue weighted by atomic mass is 9.62. The van der Waals surface area contributed by atoms with E-state index in [0.717, 1.165) is 43.2 Å². The summed E-state index contributed by atoms with van der Waals surface area (Å²) < 4.78 is 35.3. The average molecular weight is 703 g/mol. The number of carbonyl (C=O) groups excluding carboxylic acids is 2. The molecule has 0 amide bonds. The lowest BCUT2D eigenvalue weighted by molar-refractivity contribution is 0.0515. The predicted octanol–water partition coefficient (Wildman–Crippen LogP) is 7.35. The van der Waals surface area contributed by atoms with Crippen LogP contribution in [0.15, 0.2) is 73.3 Å². The van der Waals surface area contributed by atoms with Crippen molar-refractivity contribution in [2.75, 3.05) is 13.2 Å². The molecule has 0 spiro atoms. The first-order valence-corrected chi connectivity index (χ1v) is 15.9. The minimum Gasteiger partial charge on any atom is -0.462 e. The molecule has 0 radical (unpaired) electrons. The van der Waals surface area contributed by atoms with Gasteiger partial charge in [0.05, 0.1) is 24.3 Å². The molecular formula is C35H39Cl2F2N5O4. The monoisotopic (exact) mass is 701 g/mol. The Balaban J connectivity index is 0.000000212. The second-order valence-corrected chi connectivity index (χ2v) is 11.7. The van der Waals surface area contributed by atoms with E-state index in [2.05, 4.69) is 19.9 Å². The zero-order valence-corrected chi connectivity index (χ0v) is 28.4. The quantitative estimate of drug-likeness (QED) is 0.148. The van der Waals surface area contributed by atoms with E-state index >= 15 is 0 Å². The van der Waals surface area contributed by atoms with Gasteiger partial charge in [0.2, 0.25) is 5.28 Å². The second kappa shape index (κ2) is 17.9. The van der Waals surface area contributed by atoms with Gasteiger partial charge in [0.1, 0.15) is 17.5 Å². The summed E-state index contributed by atoms with van der Waals surface area (Å²) in [5.74, 6) is -0.563. The number of hydrogen-bond donors (Lipinski definition) is 1. The number of nitrogens with zero attached hydrogens (tertiary/aromatic N) is 4. The minimum atomic E-state index is -0.436. The van der Waals surface area contributed by atoms with Gasteiger partial charge in [-0.25, -0.2) is 38.3 Å². The van der Waals surface area contributed by atoms with Crippen LogP contribution in [0.3, 0.4) is 0 Å². The van der Waals surface area contributed by atoms with E-state index in [1.54, 1.807) is 26.0 Å². The summed E-state index contributed by atoms with van der Waals surface area (Å²) in [6, 6.07) is 13.2. The van der Waals surface area contributed by atoms with Crippen molar-refractivity contribution in [3.63, 3.8) is 0 Å². The predicted molar refractivity (Wildman–Crippen MR) is 180 cm³/mol. The summed E-state index contributed by atoms with van der Waals surface area (Å²) in [7, 11) is 0. The molecule has 2 N–H and O–H groups in total. The first kappa shape index (κ1) is 38.4. The smallest absolute Gasteiger partial charge is 0.341 e. The molecule has 9 nitrogen and oxygen atoms in total. The van der Waals surface area contributed by atoms with Crippen molar-refractivity contribution < 1.29 is 27.8 Å². The van der Waals surface area contributed by atoms with Crippen LogP contribution in [-0.4, -0.2) is 45.1 Å². The van der Waals surface area contributed by atoms with Crippen LogP contribution in [0, 0.1) is 11.6 Å². The third kappa shape index (κ3) is 10.2. The third-order valence-electron chi connectivity index (χ3n) is 8.28. The molecule has 2 heterocycles. The molecule has 2 aliphatic carbocycles. The maximum absolute atomic E-state index is 13.1. The Morgan fingerprint density at radius 1 is 0.729 bits per heavy atom. The number of benzene rings is 2. The Hall–Kier alpha value is -4.06. The third-order valence-corrected chi connectivity index (χ3v) is 8.47. The maximum Gasteiger partial charge on any atom is 0.341 e. The van der Waals surface area contributed by atoms with E-state index in [0.29, 0.717) is 36.6 Å². The van der Waals surface area contributed by atoms with Gasteiger partial charge in [-0.15, -0.1) is 12.4 Å². The molecule has 2 aromatic carbocycles. The van der Waals surface area contributed by atoms with Gasteiger partial charge in [0.25, 0.3) is 0 Å². The summed E-state index contributed by atoms with van der Waals surface area (Å²) in [5, 5.41) is 0.114. The van der Waals surface area contributed by atoms with Crippen LogP contribution in [0.4, 0.5) is 8.78 Å². The van der Waals surface area contributed by atoms with Crippen molar-refractivity contribution in [2.24, 2.45) is 5.73 Å². The van der Waals surface area contributed by atoms with Crippen molar-refractivity contribution in [1.29, 1.82) is 0 Å². The molecule has 2 aliphatic rings. The molecule has 0 saturated heterocycles. The number of nitrogens with two attached hydrogens (primary N) is 1. The number of halogens is 4. The molecule has 0 unspecified atom stereocenters. The maximum atomic E-state index is 13.1. The van der Waals surface area contributed by atoms with Crippen molar-refractivity contribution in [3.05, 3.63) is 118 Å². The van der Waals surface area contributed by atoms with E-state index < -0.39 is 11.9 Å². The highest BCUT2D eigenvalue weighted by molar-refractivity contribution is 6.28. The summed E-state index contributed by atoms with van der Waals surface area (Å²) in [4.78, 5) is 38.5. The van der Waals surface area contributed by atoms with Crippen LogP contribution in [0.1, 0.15) is 90.0 Å². The highest BCUT2D eigenvalue weighted by Gasteiger charge is 2.39. The molecule has 0 bridgehead atoms. The molecule has 2 aromatic heterocycles. The zero-order valence-electron chi connectivity index (χ0n) is 26.8. The Kier molecular flexibility index (Phi) is 14.3. The molecule has 2 fully saturated rings. The number of aromatic nitrogens is 4. The van der Waals surface area contributed by atoms with Crippen molar-refractivity contribution in [2.45, 2.75) is 69.7 Å². The van der Waals surface area contributed by atoms with Gasteiger partial charge in [-0.05, 0) is 92.9 Å². The van der Waals surface area contributed by atoms with E-state index in [-0.39, 0.29) is 40.3 Å². The largest absolute Gasteiger partial charge is 0.462 e. The van der Waals surface area contributed by atoms with Crippen molar-refractivity contribution in [3.8, 4) is 0 Å². The Bertz CT molecular complexity index is 1600. The van der Waals surface area contributed by atoms with Gasteiger partial charge in [-0.2, -0.15) is 0 Å². The number of ether oxygens (including phenoxy) is 2.